The molecule has 16 nitrogen and oxygen atoms in total. The van der Waals surface area contributed by atoms with Crippen LogP contribution >= 0.6 is 22.9 Å². The van der Waals surface area contributed by atoms with Gasteiger partial charge in [0.2, 0.25) is 23.6 Å². The molecule has 4 aliphatic heterocycles. The Hall–Kier alpha value is -5.78. The lowest BCUT2D eigenvalue weighted by Gasteiger charge is -2.34. The lowest BCUT2D eigenvalue weighted by atomic mass is 9.99. The molecule has 2 atom stereocenters. The van der Waals surface area contributed by atoms with Crippen LogP contribution in [0.3, 0.4) is 0 Å². The minimum Gasteiger partial charge on any atom is -0.493 e. The van der Waals surface area contributed by atoms with E-state index in [4.69, 9.17) is 21.3 Å². The van der Waals surface area contributed by atoms with Gasteiger partial charge in [0, 0.05) is 60.2 Å². The number of aryl methyl sites for hydroxylation is 2. The normalized spacial score (nSPS) is 19.2. The minimum atomic E-state index is -1.07. The first-order valence-electron chi connectivity index (χ1n) is 19.5. The molecule has 2 saturated heterocycles. The predicted octanol–water partition coefficient (Wildman–Crippen LogP) is 3.32. The number of nitrogens with zero attached hydrogens (tertiary/aromatic N) is 7. The van der Waals surface area contributed by atoms with Crippen LogP contribution in [0, 0.1) is 20.8 Å². The average Bonchev–Trinajstić information content (AvgIpc) is 3.79. The molecule has 2 unspecified atom stereocenters. The van der Waals surface area contributed by atoms with E-state index in [1.54, 1.807) is 23.5 Å². The Labute approximate surface area is 348 Å². The molecule has 6 heterocycles. The summed E-state index contributed by atoms with van der Waals surface area (Å²) in [4.78, 5) is 88.3. The number of piperidine rings is 1. The minimum absolute atomic E-state index is 0.0295. The molecular weight excluding hydrogens is 798 g/mol. The fourth-order valence-electron chi connectivity index (χ4n) is 7.93. The first-order valence-corrected chi connectivity index (χ1v) is 20.7. The average molecular weight is 840 g/mol. The number of carbonyl (C=O) groups is 6. The topological polar surface area (TPSA) is 188 Å². The second-order valence-corrected chi connectivity index (χ2v) is 16.6. The van der Waals surface area contributed by atoms with Gasteiger partial charge in [0.15, 0.2) is 5.82 Å². The summed E-state index contributed by atoms with van der Waals surface area (Å²) >= 11 is 7.90. The number of halogens is 1. The molecule has 0 aliphatic carbocycles. The Morgan fingerprint density at radius 3 is 2.47 bits per heavy atom. The van der Waals surface area contributed by atoms with Gasteiger partial charge in [-0.3, -0.25) is 53.4 Å². The van der Waals surface area contributed by atoms with Crippen molar-refractivity contribution in [2.45, 2.75) is 58.5 Å². The Morgan fingerprint density at radius 1 is 0.966 bits per heavy atom. The summed E-state index contributed by atoms with van der Waals surface area (Å²) in [6, 6.07) is 10.6. The van der Waals surface area contributed by atoms with E-state index >= 15 is 0 Å². The summed E-state index contributed by atoms with van der Waals surface area (Å²) in [7, 11) is 0. The highest BCUT2D eigenvalue weighted by Gasteiger charge is 2.46. The SMILES string of the molecule is Cc1sc2c(c1C)C(c1ccc(Cl)cc1)=NC(CC(=O)N1CCN(CC(=O)NCCCOc3cccc4c3C(=O)N(C3CCC(=O)NC3=O)C4=O)CC1)c1nnc(C)n1-2. The molecule has 18 heteroatoms. The number of amides is 6. The van der Waals surface area contributed by atoms with Crippen LogP contribution < -0.4 is 15.4 Å². The third kappa shape index (κ3) is 7.77. The molecule has 0 bridgehead atoms. The van der Waals surface area contributed by atoms with Gasteiger partial charge in [-0.05, 0) is 63.4 Å². The number of piperazine rings is 1. The van der Waals surface area contributed by atoms with Crippen molar-refractivity contribution < 1.29 is 33.5 Å². The van der Waals surface area contributed by atoms with Crippen LogP contribution in [0.15, 0.2) is 47.5 Å². The van der Waals surface area contributed by atoms with Crippen molar-refractivity contribution in [3.8, 4) is 10.8 Å². The highest BCUT2D eigenvalue weighted by molar-refractivity contribution is 7.15. The van der Waals surface area contributed by atoms with Gasteiger partial charge < -0.3 is 15.0 Å². The molecule has 6 amide bonds. The number of nitrogens with one attached hydrogen (secondary N) is 2. The van der Waals surface area contributed by atoms with Gasteiger partial charge in [0.05, 0.1) is 36.4 Å². The van der Waals surface area contributed by atoms with Crippen molar-refractivity contribution in [2.75, 3.05) is 45.9 Å². The molecule has 2 fully saturated rings. The Balaban J connectivity index is 0.825. The van der Waals surface area contributed by atoms with E-state index in [2.05, 4.69) is 34.7 Å². The zero-order valence-electron chi connectivity index (χ0n) is 32.7. The van der Waals surface area contributed by atoms with Crippen LogP contribution in [-0.2, 0) is 19.2 Å². The van der Waals surface area contributed by atoms with E-state index < -0.39 is 35.7 Å². The Morgan fingerprint density at radius 2 is 1.73 bits per heavy atom. The van der Waals surface area contributed by atoms with Crippen LogP contribution in [0.25, 0.3) is 5.00 Å². The first-order chi connectivity index (χ1) is 28.4. The number of fused-ring (bicyclic) bond motifs is 4. The van der Waals surface area contributed by atoms with Gasteiger partial charge in [-0.1, -0.05) is 29.8 Å². The number of thiophene rings is 1. The van der Waals surface area contributed by atoms with E-state index in [0.717, 1.165) is 43.0 Å². The second kappa shape index (κ2) is 16.5. The van der Waals surface area contributed by atoms with Gasteiger partial charge in [-0.25, -0.2) is 0 Å². The molecule has 0 saturated carbocycles. The Bertz CT molecular complexity index is 2420. The molecule has 2 aromatic carbocycles. The first kappa shape index (κ1) is 40.0. The molecular formula is C41H42ClN9O7S. The maximum Gasteiger partial charge on any atom is 0.266 e. The second-order valence-electron chi connectivity index (χ2n) is 14.9. The van der Waals surface area contributed by atoms with Crippen LogP contribution in [-0.4, -0.2) is 123 Å². The van der Waals surface area contributed by atoms with Gasteiger partial charge >= 0.3 is 0 Å². The third-order valence-electron chi connectivity index (χ3n) is 11.1. The number of aromatic nitrogens is 3. The zero-order chi connectivity index (χ0) is 41.5. The monoisotopic (exact) mass is 839 g/mol. The van der Waals surface area contributed by atoms with Crippen LogP contribution in [0.5, 0.6) is 5.75 Å². The number of hydrogen-bond donors (Lipinski definition) is 2. The summed E-state index contributed by atoms with van der Waals surface area (Å²) < 4.78 is 7.91. The lowest BCUT2D eigenvalue weighted by molar-refractivity contribution is -0.136. The molecule has 2 aromatic heterocycles. The van der Waals surface area contributed by atoms with Gasteiger partial charge in [-0.15, -0.1) is 21.5 Å². The van der Waals surface area contributed by atoms with Crippen molar-refractivity contribution in [3.05, 3.63) is 91.8 Å². The standard InChI is InChI=1S/C41H42ClN9O7S/c1-22-23(2)59-41-34(22)36(25-8-10-26(42)11-9-25)44-28(37-47-46-24(3)50(37)41)20-33(54)49-17-15-48(16-18-49)21-32(53)43-14-5-19-58-30-7-4-6-27-35(30)40(57)51(39(27)56)29-12-13-31(52)45-38(29)55/h4,6-11,28-29H,5,12-21H2,1-3H3,(H,43,53)(H,45,52,55). The largest absolute Gasteiger partial charge is 0.493 e. The molecule has 0 spiro atoms. The number of carbonyl (C=O) groups excluding carboxylic acids is 6. The van der Waals surface area contributed by atoms with E-state index in [1.807, 2.05) is 45.6 Å². The highest BCUT2D eigenvalue weighted by Crippen LogP contribution is 2.40. The fourth-order valence-corrected chi connectivity index (χ4v) is 9.27. The highest BCUT2D eigenvalue weighted by atomic mass is 35.5. The van der Waals surface area contributed by atoms with Crippen molar-refractivity contribution in [1.29, 1.82) is 0 Å². The quantitative estimate of drug-likeness (QED) is 0.168. The molecule has 59 heavy (non-hydrogen) atoms. The van der Waals surface area contributed by atoms with Crippen molar-refractivity contribution in [3.63, 3.8) is 0 Å². The van der Waals surface area contributed by atoms with Crippen LogP contribution in [0.4, 0.5) is 0 Å². The van der Waals surface area contributed by atoms with Crippen molar-refractivity contribution >= 4 is 64.1 Å². The van der Waals surface area contributed by atoms with Crippen LogP contribution in [0.2, 0.25) is 5.02 Å². The maximum atomic E-state index is 13.9. The summed E-state index contributed by atoms with van der Waals surface area (Å²) in [5.74, 6) is -1.04. The summed E-state index contributed by atoms with van der Waals surface area (Å²) in [6.45, 7) is 8.70. The summed E-state index contributed by atoms with van der Waals surface area (Å²) in [5.41, 5.74) is 4.02. The lowest BCUT2D eigenvalue weighted by Crippen LogP contribution is -2.54. The number of imide groups is 2. The number of aliphatic imine (C=N–C) groups is 1. The van der Waals surface area contributed by atoms with Gasteiger partial charge in [0.1, 0.15) is 28.7 Å². The summed E-state index contributed by atoms with van der Waals surface area (Å²) in [5, 5.41) is 15.6. The number of rotatable bonds is 11. The van der Waals surface area contributed by atoms with E-state index in [-0.39, 0.29) is 61.1 Å². The summed E-state index contributed by atoms with van der Waals surface area (Å²) in [6.07, 6.45) is 0.631. The molecule has 306 valence electrons. The number of benzene rings is 2. The van der Waals surface area contributed by atoms with Gasteiger partial charge in [0.25, 0.3) is 11.8 Å². The van der Waals surface area contributed by atoms with Crippen molar-refractivity contribution in [2.24, 2.45) is 4.99 Å². The maximum absolute atomic E-state index is 13.9. The Kier molecular flexibility index (Phi) is 11.2. The molecule has 4 aliphatic rings. The third-order valence-corrected chi connectivity index (χ3v) is 12.6. The number of ether oxygens (including phenoxy) is 1. The van der Waals surface area contributed by atoms with E-state index in [0.29, 0.717) is 50.0 Å². The fraction of sp³-hybridized carbons (Fsp3) is 0.390. The predicted molar refractivity (Wildman–Crippen MR) is 217 cm³/mol. The van der Waals surface area contributed by atoms with Gasteiger partial charge in [-0.2, -0.15) is 0 Å². The molecule has 4 aromatic rings. The molecule has 0 radical (unpaired) electrons. The van der Waals surface area contributed by atoms with E-state index in [9.17, 15) is 28.8 Å². The zero-order valence-corrected chi connectivity index (χ0v) is 34.3. The van der Waals surface area contributed by atoms with Crippen molar-refractivity contribution in [1.82, 2.24) is 40.1 Å². The number of hydrogen-bond acceptors (Lipinski definition) is 12. The van der Waals surface area contributed by atoms with E-state index in [1.165, 1.54) is 6.07 Å². The smallest absolute Gasteiger partial charge is 0.266 e. The molecule has 8 rings (SSSR count). The molecule has 2 N–H and O–H groups in total. The van der Waals surface area contributed by atoms with Crippen LogP contribution in [0.1, 0.15) is 85.7 Å².